The lowest BCUT2D eigenvalue weighted by molar-refractivity contribution is -0.126. The lowest BCUT2D eigenvalue weighted by atomic mass is 10.1. The van der Waals surface area contributed by atoms with Crippen LogP contribution in [0.2, 0.25) is 0 Å². The Morgan fingerprint density at radius 2 is 2.10 bits per heavy atom. The van der Waals surface area contributed by atoms with Crippen LogP contribution in [0.4, 0.5) is 10.1 Å². The molecule has 0 aromatic heterocycles. The summed E-state index contributed by atoms with van der Waals surface area (Å²) in [4.78, 5) is 25.4. The number of nitrogens with one attached hydrogen (secondary N) is 2. The zero-order chi connectivity index (χ0) is 22.0. The Morgan fingerprint density at radius 1 is 1.32 bits per heavy atom. The molecular formula is C23H25FN2O4S. The first-order valence-corrected chi connectivity index (χ1v) is 11.4. The second-order valence-electron chi connectivity index (χ2n) is 7.72. The molecule has 164 valence electrons. The summed E-state index contributed by atoms with van der Waals surface area (Å²) < 4.78 is 24.6. The van der Waals surface area contributed by atoms with E-state index in [1.165, 1.54) is 23.9 Å². The largest absolute Gasteiger partial charge is 0.492 e. The van der Waals surface area contributed by atoms with E-state index < -0.39 is 6.04 Å². The number of thioether (sulfide) groups is 1. The monoisotopic (exact) mass is 444 g/mol. The van der Waals surface area contributed by atoms with Gasteiger partial charge in [-0.3, -0.25) is 9.59 Å². The van der Waals surface area contributed by atoms with Gasteiger partial charge in [0.2, 0.25) is 11.8 Å². The van der Waals surface area contributed by atoms with Crippen LogP contribution in [0.5, 0.6) is 11.5 Å². The third-order valence-electron chi connectivity index (χ3n) is 5.28. The standard InChI is InChI=1S/C23H25FN2O4S/c1-3-29-20-10-15-8-13(2)30-19(15)11-17(20)25-22(27)18-12-31-21(23(28)26-18)9-14-4-6-16(24)7-5-14/h4-7,10-11,13,18,21H,3,8-9,12H2,1-2H3,(H,25,27)(H,26,28). The van der Waals surface area contributed by atoms with Crippen LogP contribution < -0.4 is 20.1 Å². The zero-order valence-corrected chi connectivity index (χ0v) is 18.3. The van der Waals surface area contributed by atoms with Crippen molar-refractivity contribution in [1.82, 2.24) is 5.32 Å². The minimum atomic E-state index is -0.649. The fourth-order valence-corrected chi connectivity index (χ4v) is 4.94. The molecular weight excluding hydrogens is 419 g/mol. The molecule has 2 amide bonds. The van der Waals surface area contributed by atoms with Crippen LogP contribution in [0.25, 0.3) is 0 Å². The van der Waals surface area contributed by atoms with Crippen molar-refractivity contribution in [3.63, 3.8) is 0 Å². The van der Waals surface area contributed by atoms with Gasteiger partial charge in [-0.1, -0.05) is 12.1 Å². The molecule has 8 heteroatoms. The van der Waals surface area contributed by atoms with Crippen molar-refractivity contribution in [2.45, 2.75) is 44.1 Å². The molecule has 1 fully saturated rings. The fourth-order valence-electron chi connectivity index (χ4n) is 3.75. The third-order valence-corrected chi connectivity index (χ3v) is 6.59. The summed E-state index contributed by atoms with van der Waals surface area (Å²) in [6.45, 7) is 4.35. The van der Waals surface area contributed by atoms with Crippen LogP contribution in [0, 0.1) is 5.82 Å². The molecule has 2 aliphatic heterocycles. The molecule has 6 nitrogen and oxygen atoms in total. The number of fused-ring (bicyclic) bond motifs is 1. The summed E-state index contributed by atoms with van der Waals surface area (Å²) in [6.07, 6.45) is 1.37. The average Bonchev–Trinajstić information content (AvgIpc) is 3.10. The summed E-state index contributed by atoms with van der Waals surface area (Å²) >= 11 is 1.43. The van der Waals surface area contributed by atoms with E-state index in [1.54, 1.807) is 18.2 Å². The smallest absolute Gasteiger partial charge is 0.247 e. The van der Waals surface area contributed by atoms with Crippen molar-refractivity contribution in [1.29, 1.82) is 0 Å². The quantitative estimate of drug-likeness (QED) is 0.715. The fraction of sp³-hybridized carbons (Fsp3) is 0.391. The molecule has 2 N–H and O–H groups in total. The number of anilines is 1. The SMILES string of the molecule is CCOc1cc2c(cc1NC(=O)C1CSC(Cc3ccc(F)cc3)C(=O)N1)OC(C)C2. The number of ether oxygens (including phenoxy) is 2. The molecule has 0 aliphatic carbocycles. The Hall–Kier alpha value is -2.74. The van der Waals surface area contributed by atoms with Gasteiger partial charge in [0.15, 0.2) is 0 Å². The molecule has 0 saturated carbocycles. The first-order chi connectivity index (χ1) is 14.9. The van der Waals surface area contributed by atoms with Crippen molar-refractivity contribution < 1.29 is 23.5 Å². The first-order valence-electron chi connectivity index (χ1n) is 10.4. The molecule has 2 aromatic rings. The van der Waals surface area contributed by atoms with Crippen LogP contribution in [0.3, 0.4) is 0 Å². The highest BCUT2D eigenvalue weighted by molar-refractivity contribution is 8.00. The van der Waals surface area contributed by atoms with Gasteiger partial charge < -0.3 is 20.1 Å². The van der Waals surface area contributed by atoms with E-state index in [9.17, 15) is 14.0 Å². The van der Waals surface area contributed by atoms with E-state index in [1.807, 2.05) is 19.9 Å². The van der Waals surface area contributed by atoms with Crippen LogP contribution in [0.15, 0.2) is 36.4 Å². The summed E-state index contributed by atoms with van der Waals surface area (Å²) in [5, 5.41) is 5.38. The molecule has 2 aromatic carbocycles. The highest BCUT2D eigenvalue weighted by atomic mass is 32.2. The van der Waals surface area contributed by atoms with Crippen molar-refractivity contribution >= 4 is 29.3 Å². The minimum absolute atomic E-state index is 0.0856. The van der Waals surface area contributed by atoms with E-state index >= 15 is 0 Å². The Labute approximate surface area is 184 Å². The maximum atomic E-state index is 13.1. The van der Waals surface area contributed by atoms with Gasteiger partial charge in [0.1, 0.15) is 29.5 Å². The number of hydrogen-bond acceptors (Lipinski definition) is 5. The predicted octanol–water partition coefficient (Wildman–Crippen LogP) is 3.33. The number of carbonyl (C=O) groups is 2. The van der Waals surface area contributed by atoms with Gasteiger partial charge in [0.05, 0.1) is 17.5 Å². The number of carbonyl (C=O) groups excluding carboxylic acids is 2. The van der Waals surface area contributed by atoms with E-state index in [0.29, 0.717) is 30.2 Å². The van der Waals surface area contributed by atoms with Crippen LogP contribution in [-0.4, -0.2) is 41.6 Å². The third kappa shape index (κ3) is 4.95. The van der Waals surface area contributed by atoms with E-state index in [-0.39, 0.29) is 29.0 Å². The van der Waals surface area contributed by atoms with Crippen molar-refractivity contribution in [2.24, 2.45) is 0 Å². The lowest BCUT2D eigenvalue weighted by Gasteiger charge is -2.28. The predicted molar refractivity (Wildman–Crippen MR) is 118 cm³/mol. The first kappa shape index (κ1) is 21.5. The number of halogens is 1. The van der Waals surface area contributed by atoms with Gasteiger partial charge >= 0.3 is 0 Å². The highest BCUT2D eigenvalue weighted by Crippen LogP contribution is 2.38. The summed E-state index contributed by atoms with van der Waals surface area (Å²) in [6, 6.07) is 9.16. The Bertz CT molecular complexity index is 982. The number of rotatable bonds is 6. The van der Waals surface area contributed by atoms with Crippen LogP contribution in [0.1, 0.15) is 25.0 Å². The number of amides is 2. The average molecular weight is 445 g/mol. The van der Waals surface area contributed by atoms with Crippen molar-refractivity contribution in [3.05, 3.63) is 53.3 Å². The van der Waals surface area contributed by atoms with Gasteiger partial charge in [-0.05, 0) is 44.0 Å². The summed E-state index contributed by atoms with van der Waals surface area (Å²) in [7, 11) is 0. The van der Waals surface area contributed by atoms with Gasteiger partial charge in [-0.25, -0.2) is 4.39 Å². The van der Waals surface area contributed by atoms with Crippen molar-refractivity contribution in [2.75, 3.05) is 17.7 Å². The topological polar surface area (TPSA) is 76.7 Å². The van der Waals surface area contributed by atoms with Gasteiger partial charge in [-0.15, -0.1) is 11.8 Å². The Morgan fingerprint density at radius 3 is 2.81 bits per heavy atom. The lowest BCUT2D eigenvalue weighted by Crippen LogP contribution is -2.52. The Balaban J connectivity index is 1.40. The van der Waals surface area contributed by atoms with Crippen LogP contribution >= 0.6 is 11.8 Å². The minimum Gasteiger partial charge on any atom is -0.492 e. The molecule has 3 unspecified atom stereocenters. The molecule has 0 radical (unpaired) electrons. The summed E-state index contributed by atoms with van der Waals surface area (Å²) in [5.74, 6) is 0.985. The zero-order valence-electron chi connectivity index (χ0n) is 17.4. The maximum absolute atomic E-state index is 13.1. The van der Waals surface area contributed by atoms with Crippen LogP contribution in [-0.2, 0) is 22.4 Å². The second kappa shape index (κ2) is 9.18. The maximum Gasteiger partial charge on any atom is 0.247 e. The molecule has 3 atom stereocenters. The molecule has 2 heterocycles. The van der Waals surface area contributed by atoms with E-state index in [0.717, 1.165) is 23.3 Å². The second-order valence-corrected chi connectivity index (χ2v) is 8.96. The molecule has 31 heavy (non-hydrogen) atoms. The molecule has 0 bridgehead atoms. The highest BCUT2D eigenvalue weighted by Gasteiger charge is 2.33. The van der Waals surface area contributed by atoms with Gasteiger partial charge in [0.25, 0.3) is 0 Å². The summed E-state index contributed by atoms with van der Waals surface area (Å²) in [5.41, 5.74) is 2.47. The van der Waals surface area contributed by atoms with Gasteiger partial charge in [0, 0.05) is 23.8 Å². The Kier molecular flexibility index (Phi) is 6.36. The molecule has 4 rings (SSSR count). The normalized spacial score (nSPS) is 22.3. The number of benzene rings is 2. The van der Waals surface area contributed by atoms with Crippen molar-refractivity contribution in [3.8, 4) is 11.5 Å². The van der Waals surface area contributed by atoms with Gasteiger partial charge in [-0.2, -0.15) is 0 Å². The molecule has 1 saturated heterocycles. The van der Waals surface area contributed by atoms with E-state index in [4.69, 9.17) is 9.47 Å². The number of hydrogen-bond donors (Lipinski definition) is 2. The molecule has 2 aliphatic rings. The molecule has 0 spiro atoms. The van der Waals surface area contributed by atoms with E-state index in [2.05, 4.69) is 10.6 Å².